The van der Waals surface area contributed by atoms with Crippen LogP contribution >= 0.6 is 0 Å². The Morgan fingerprint density at radius 2 is 1.81 bits per heavy atom. The van der Waals surface area contributed by atoms with Crippen LogP contribution in [0.5, 0.6) is 5.75 Å². The molecule has 5 nitrogen and oxygen atoms in total. The second-order valence-electron chi connectivity index (χ2n) is 6.12. The van der Waals surface area contributed by atoms with Crippen molar-refractivity contribution in [2.24, 2.45) is 0 Å². The molecule has 2 N–H and O–H groups in total. The van der Waals surface area contributed by atoms with Crippen LogP contribution in [-0.4, -0.2) is 24.5 Å². The first-order chi connectivity index (χ1) is 13.3. The molecule has 1 heterocycles. The fourth-order valence-corrected chi connectivity index (χ4v) is 2.77. The van der Waals surface area contributed by atoms with Crippen LogP contribution in [0.2, 0.25) is 0 Å². The van der Waals surface area contributed by atoms with E-state index in [0.717, 1.165) is 23.4 Å². The number of carbonyl (C=O) groups is 1. The standard InChI is InChI=1S/C22H23N3O2/c1-27-21-10-6-5-9-18(21)15-25-20-13-19(14-23-16-20)22(26)24-12-11-17-7-3-2-4-8-17/h2-10,13-14,16,25H,11-12,15H2,1H3,(H,24,26). The molecule has 0 spiro atoms. The molecule has 0 unspecified atom stereocenters. The number of carbonyl (C=O) groups excluding carboxylic acids is 1. The Morgan fingerprint density at radius 1 is 1.04 bits per heavy atom. The molecule has 0 aliphatic heterocycles. The SMILES string of the molecule is COc1ccccc1CNc1cncc(C(=O)NCCc2ccccc2)c1. The predicted octanol–water partition coefficient (Wildman–Crippen LogP) is 3.67. The van der Waals surface area contributed by atoms with Gasteiger partial charge < -0.3 is 15.4 Å². The van der Waals surface area contributed by atoms with Gasteiger partial charge in [-0.2, -0.15) is 0 Å². The van der Waals surface area contributed by atoms with Gasteiger partial charge in [0, 0.05) is 31.0 Å². The minimum atomic E-state index is -0.126. The van der Waals surface area contributed by atoms with Crippen LogP contribution in [0.25, 0.3) is 0 Å². The number of benzene rings is 2. The monoisotopic (exact) mass is 361 g/mol. The number of ether oxygens (including phenoxy) is 1. The Kier molecular flexibility index (Phi) is 6.41. The highest BCUT2D eigenvalue weighted by atomic mass is 16.5. The van der Waals surface area contributed by atoms with Gasteiger partial charge in [0.2, 0.25) is 0 Å². The van der Waals surface area contributed by atoms with E-state index in [9.17, 15) is 4.79 Å². The van der Waals surface area contributed by atoms with Gasteiger partial charge >= 0.3 is 0 Å². The van der Waals surface area contributed by atoms with E-state index >= 15 is 0 Å². The number of aromatic nitrogens is 1. The van der Waals surface area contributed by atoms with Crippen LogP contribution in [0, 0.1) is 0 Å². The van der Waals surface area contributed by atoms with Crippen LogP contribution in [-0.2, 0) is 13.0 Å². The van der Waals surface area contributed by atoms with Gasteiger partial charge in [-0.25, -0.2) is 0 Å². The number of rotatable bonds is 8. The molecule has 0 aliphatic carbocycles. The highest BCUT2D eigenvalue weighted by molar-refractivity contribution is 5.94. The summed E-state index contributed by atoms with van der Waals surface area (Å²) >= 11 is 0. The zero-order chi connectivity index (χ0) is 18.9. The molecule has 0 aliphatic rings. The Labute approximate surface area is 159 Å². The molecule has 0 fully saturated rings. The van der Waals surface area contributed by atoms with Gasteiger partial charge in [0.05, 0.1) is 18.4 Å². The Balaban J connectivity index is 1.55. The smallest absolute Gasteiger partial charge is 0.252 e. The number of anilines is 1. The fraction of sp³-hybridized carbons (Fsp3) is 0.182. The first-order valence-electron chi connectivity index (χ1n) is 8.89. The van der Waals surface area contributed by atoms with Gasteiger partial charge in [-0.05, 0) is 24.1 Å². The number of pyridine rings is 1. The van der Waals surface area contributed by atoms with Crippen molar-refractivity contribution in [2.75, 3.05) is 19.0 Å². The summed E-state index contributed by atoms with van der Waals surface area (Å²) in [5.41, 5.74) is 3.56. The summed E-state index contributed by atoms with van der Waals surface area (Å²) < 4.78 is 5.36. The quantitative estimate of drug-likeness (QED) is 0.642. The van der Waals surface area contributed by atoms with E-state index < -0.39 is 0 Å². The lowest BCUT2D eigenvalue weighted by Crippen LogP contribution is -2.25. The maximum Gasteiger partial charge on any atom is 0.252 e. The summed E-state index contributed by atoms with van der Waals surface area (Å²) in [5.74, 6) is 0.701. The molecule has 0 atom stereocenters. The van der Waals surface area contributed by atoms with Crippen LogP contribution in [0.4, 0.5) is 5.69 Å². The summed E-state index contributed by atoms with van der Waals surface area (Å²) in [4.78, 5) is 16.5. The third-order valence-electron chi connectivity index (χ3n) is 4.22. The Hall–Kier alpha value is -3.34. The average molecular weight is 361 g/mol. The predicted molar refractivity (Wildman–Crippen MR) is 107 cm³/mol. The van der Waals surface area contributed by atoms with E-state index in [0.29, 0.717) is 18.7 Å². The minimum absolute atomic E-state index is 0.126. The van der Waals surface area contributed by atoms with E-state index in [-0.39, 0.29) is 5.91 Å². The minimum Gasteiger partial charge on any atom is -0.496 e. The van der Waals surface area contributed by atoms with Crippen molar-refractivity contribution in [2.45, 2.75) is 13.0 Å². The average Bonchev–Trinajstić information content (AvgIpc) is 2.73. The highest BCUT2D eigenvalue weighted by Gasteiger charge is 2.07. The maximum absolute atomic E-state index is 12.4. The zero-order valence-electron chi connectivity index (χ0n) is 15.3. The first kappa shape index (κ1) is 18.5. The maximum atomic E-state index is 12.4. The summed E-state index contributed by atoms with van der Waals surface area (Å²) in [7, 11) is 1.65. The van der Waals surface area contributed by atoms with Gasteiger partial charge in [-0.1, -0.05) is 48.5 Å². The third kappa shape index (κ3) is 5.31. The van der Waals surface area contributed by atoms with Crippen LogP contribution in [0.3, 0.4) is 0 Å². The van der Waals surface area contributed by atoms with Crippen molar-refractivity contribution in [3.63, 3.8) is 0 Å². The Bertz CT molecular complexity index is 881. The largest absolute Gasteiger partial charge is 0.496 e. The fourth-order valence-electron chi connectivity index (χ4n) is 2.77. The van der Waals surface area contributed by atoms with Gasteiger partial charge in [-0.3, -0.25) is 9.78 Å². The molecule has 3 aromatic rings. The first-order valence-corrected chi connectivity index (χ1v) is 8.89. The lowest BCUT2D eigenvalue weighted by Gasteiger charge is -2.11. The molecule has 1 amide bonds. The van der Waals surface area contributed by atoms with Crippen molar-refractivity contribution in [3.8, 4) is 5.75 Å². The van der Waals surface area contributed by atoms with Crippen LogP contribution < -0.4 is 15.4 Å². The lowest BCUT2D eigenvalue weighted by atomic mass is 10.1. The summed E-state index contributed by atoms with van der Waals surface area (Å²) in [6.07, 6.45) is 4.08. The van der Waals surface area contributed by atoms with E-state index in [1.807, 2.05) is 42.5 Å². The molecule has 5 heteroatoms. The number of amides is 1. The third-order valence-corrected chi connectivity index (χ3v) is 4.22. The van der Waals surface area contributed by atoms with E-state index in [1.54, 1.807) is 25.6 Å². The number of hydrogen-bond acceptors (Lipinski definition) is 4. The molecule has 3 rings (SSSR count). The molecule has 0 bridgehead atoms. The molecule has 2 aromatic carbocycles. The summed E-state index contributed by atoms with van der Waals surface area (Å²) in [6, 6.07) is 19.7. The van der Waals surface area contributed by atoms with Gasteiger partial charge in [0.15, 0.2) is 0 Å². The van der Waals surface area contributed by atoms with Crippen LogP contribution in [0.15, 0.2) is 73.1 Å². The summed E-state index contributed by atoms with van der Waals surface area (Å²) in [5, 5.41) is 6.23. The van der Waals surface area contributed by atoms with Crippen LogP contribution in [0.1, 0.15) is 21.5 Å². The zero-order valence-corrected chi connectivity index (χ0v) is 15.3. The molecule has 27 heavy (non-hydrogen) atoms. The van der Waals surface area contributed by atoms with Gasteiger partial charge in [0.25, 0.3) is 5.91 Å². The topological polar surface area (TPSA) is 63.2 Å². The lowest BCUT2D eigenvalue weighted by molar-refractivity contribution is 0.0954. The number of hydrogen-bond donors (Lipinski definition) is 2. The molecule has 0 radical (unpaired) electrons. The van der Waals surface area contributed by atoms with Crippen molar-refractivity contribution < 1.29 is 9.53 Å². The number of nitrogens with one attached hydrogen (secondary N) is 2. The molecular formula is C22H23N3O2. The molecule has 138 valence electrons. The second kappa shape index (κ2) is 9.38. The van der Waals surface area contributed by atoms with Crippen molar-refractivity contribution >= 4 is 11.6 Å². The number of methoxy groups -OCH3 is 1. The van der Waals surface area contributed by atoms with E-state index in [2.05, 4.69) is 27.8 Å². The normalized spacial score (nSPS) is 10.3. The highest BCUT2D eigenvalue weighted by Crippen LogP contribution is 2.19. The van der Waals surface area contributed by atoms with Crippen molar-refractivity contribution in [1.82, 2.24) is 10.3 Å². The van der Waals surface area contributed by atoms with E-state index in [4.69, 9.17) is 4.74 Å². The molecule has 0 saturated carbocycles. The summed E-state index contributed by atoms with van der Waals surface area (Å²) in [6.45, 7) is 1.17. The van der Waals surface area contributed by atoms with Crippen molar-refractivity contribution in [1.29, 1.82) is 0 Å². The Morgan fingerprint density at radius 3 is 2.63 bits per heavy atom. The van der Waals surface area contributed by atoms with E-state index in [1.165, 1.54) is 5.56 Å². The number of nitrogens with zero attached hydrogens (tertiary/aromatic N) is 1. The second-order valence-corrected chi connectivity index (χ2v) is 6.12. The molecule has 0 saturated heterocycles. The molecule has 1 aromatic heterocycles. The number of para-hydroxylation sites is 1. The van der Waals surface area contributed by atoms with Gasteiger partial charge in [0.1, 0.15) is 5.75 Å². The molecular weight excluding hydrogens is 338 g/mol. The van der Waals surface area contributed by atoms with Crippen molar-refractivity contribution in [3.05, 3.63) is 89.7 Å². The van der Waals surface area contributed by atoms with Gasteiger partial charge in [-0.15, -0.1) is 0 Å².